The summed E-state index contributed by atoms with van der Waals surface area (Å²) >= 11 is 1.52. The number of fused-ring (bicyclic) bond motifs is 1. The molecular formula is C22H21N3O3S. The number of carbonyl (C=O) groups excluding carboxylic acids is 1. The third kappa shape index (κ3) is 4.25. The van der Waals surface area contributed by atoms with Crippen LogP contribution in [0.4, 0.5) is 5.69 Å². The van der Waals surface area contributed by atoms with Crippen LogP contribution in [0, 0.1) is 0 Å². The maximum Gasteiger partial charge on any atom is 0.230 e. The number of aromatic nitrogens is 2. The Balaban J connectivity index is 1.47. The van der Waals surface area contributed by atoms with Gasteiger partial charge in [-0.3, -0.25) is 9.20 Å². The highest BCUT2D eigenvalue weighted by Gasteiger charge is 2.13. The highest BCUT2D eigenvalue weighted by molar-refractivity contribution is 7.15. The van der Waals surface area contributed by atoms with Crippen molar-refractivity contribution in [3.63, 3.8) is 0 Å². The number of hydrogen-bond donors (Lipinski definition) is 1. The van der Waals surface area contributed by atoms with Gasteiger partial charge in [-0.15, -0.1) is 11.3 Å². The van der Waals surface area contributed by atoms with E-state index in [1.165, 1.54) is 11.3 Å². The van der Waals surface area contributed by atoms with Gasteiger partial charge in [-0.2, -0.15) is 0 Å². The number of anilines is 1. The van der Waals surface area contributed by atoms with Crippen LogP contribution < -0.4 is 14.8 Å². The molecule has 2 heterocycles. The molecule has 0 spiro atoms. The van der Waals surface area contributed by atoms with Crippen LogP contribution in [0.1, 0.15) is 12.6 Å². The molecule has 0 aliphatic rings. The Bertz CT molecular complexity index is 1110. The van der Waals surface area contributed by atoms with Crippen molar-refractivity contribution in [3.8, 4) is 22.8 Å². The fraction of sp³-hybridized carbons (Fsp3) is 0.182. The lowest BCUT2D eigenvalue weighted by molar-refractivity contribution is -0.115. The van der Waals surface area contributed by atoms with Crippen LogP contribution in [0.2, 0.25) is 0 Å². The molecule has 0 aliphatic heterocycles. The van der Waals surface area contributed by atoms with Crippen LogP contribution in [0.3, 0.4) is 0 Å². The number of hydrogen-bond acceptors (Lipinski definition) is 5. The average Bonchev–Trinajstić information content (AvgIpc) is 3.32. The van der Waals surface area contributed by atoms with Gasteiger partial charge in [0.05, 0.1) is 25.8 Å². The molecule has 148 valence electrons. The summed E-state index contributed by atoms with van der Waals surface area (Å²) in [6.07, 6.45) is 2.23. The van der Waals surface area contributed by atoms with E-state index in [1.54, 1.807) is 7.11 Å². The van der Waals surface area contributed by atoms with Crippen LogP contribution in [0.25, 0.3) is 16.2 Å². The van der Waals surface area contributed by atoms with Crippen LogP contribution in [0.15, 0.2) is 60.1 Å². The summed E-state index contributed by atoms with van der Waals surface area (Å²) in [5, 5.41) is 4.90. The van der Waals surface area contributed by atoms with E-state index in [0.29, 0.717) is 6.61 Å². The fourth-order valence-corrected chi connectivity index (χ4v) is 3.90. The summed E-state index contributed by atoms with van der Waals surface area (Å²) in [6, 6.07) is 15.1. The molecule has 2 aromatic carbocycles. The van der Waals surface area contributed by atoms with Gasteiger partial charge in [0.1, 0.15) is 11.5 Å². The minimum absolute atomic E-state index is 0.0754. The van der Waals surface area contributed by atoms with Gasteiger partial charge in [0.25, 0.3) is 0 Å². The summed E-state index contributed by atoms with van der Waals surface area (Å²) in [4.78, 5) is 18.0. The first-order valence-electron chi connectivity index (χ1n) is 9.29. The Labute approximate surface area is 172 Å². The Morgan fingerprint density at radius 1 is 1.10 bits per heavy atom. The van der Waals surface area contributed by atoms with Crippen molar-refractivity contribution >= 4 is 27.9 Å². The maximum atomic E-state index is 12.5. The highest BCUT2D eigenvalue weighted by Crippen LogP contribution is 2.26. The molecular weight excluding hydrogens is 386 g/mol. The molecule has 0 saturated heterocycles. The van der Waals surface area contributed by atoms with E-state index in [-0.39, 0.29) is 12.3 Å². The Morgan fingerprint density at radius 2 is 1.83 bits per heavy atom. The number of methoxy groups -OCH3 is 1. The van der Waals surface area contributed by atoms with Gasteiger partial charge in [-0.05, 0) is 55.5 Å². The third-order valence-electron chi connectivity index (χ3n) is 4.46. The number of amides is 1. The van der Waals surface area contributed by atoms with Crippen molar-refractivity contribution < 1.29 is 14.3 Å². The van der Waals surface area contributed by atoms with Gasteiger partial charge in [0, 0.05) is 28.5 Å². The second-order valence-corrected chi connectivity index (χ2v) is 7.25. The molecule has 29 heavy (non-hydrogen) atoms. The van der Waals surface area contributed by atoms with Gasteiger partial charge in [-0.25, -0.2) is 4.98 Å². The minimum atomic E-state index is -0.0754. The molecule has 0 bridgehead atoms. The van der Waals surface area contributed by atoms with Gasteiger partial charge in [0.2, 0.25) is 5.91 Å². The van der Waals surface area contributed by atoms with Crippen molar-refractivity contribution in [3.05, 3.63) is 65.8 Å². The Hall–Kier alpha value is -3.32. The van der Waals surface area contributed by atoms with E-state index >= 15 is 0 Å². The molecule has 0 fully saturated rings. The van der Waals surface area contributed by atoms with Crippen molar-refractivity contribution in [1.29, 1.82) is 0 Å². The molecule has 2 aromatic heterocycles. The van der Waals surface area contributed by atoms with Crippen molar-refractivity contribution in [2.24, 2.45) is 0 Å². The van der Waals surface area contributed by atoms with Crippen LogP contribution >= 0.6 is 11.3 Å². The van der Waals surface area contributed by atoms with E-state index < -0.39 is 0 Å². The fourth-order valence-electron chi connectivity index (χ4n) is 3.03. The van der Waals surface area contributed by atoms with Crippen LogP contribution in [-0.2, 0) is 11.2 Å². The Kier molecular flexibility index (Phi) is 5.48. The largest absolute Gasteiger partial charge is 0.497 e. The topological polar surface area (TPSA) is 64.9 Å². The molecule has 0 saturated carbocycles. The molecule has 4 rings (SSSR count). The Morgan fingerprint density at radius 3 is 2.52 bits per heavy atom. The number of nitrogens with one attached hydrogen (secondary N) is 1. The standard InChI is InChI=1S/C22H21N3O3S/c1-3-28-19-10-6-16(7-11-19)23-21(26)12-17-14-29-22-24-20(13-25(17)22)15-4-8-18(27-2)9-5-15/h4-11,13-14H,3,12H2,1-2H3,(H,23,26). The first kappa shape index (κ1) is 19.0. The van der Waals surface area contributed by atoms with Crippen molar-refractivity contribution in [2.75, 3.05) is 19.0 Å². The summed E-state index contributed by atoms with van der Waals surface area (Å²) in [5.74, 6) is 1.52. The van der Waals surface area contributed by atoms with Gasteiger partial charge >= 0.3 is 0 Å². The molecule has 0 radical (unpaired) electrons. The van der Waals surface area contributed by atoms with Crippen LogP contribution in [0.5, 0.6) is 11.5 Å². The molecule has 4 aromatic rings. The number of imidazole rings is 1. The van der Waals surface area contributed by atoms with Crippen molar-refractivity contribution in [2.45, 2.75) is 13.3 Å². The zero-order valence-corrected chi connectivity index (χ0v) is 17.0. The lowest BCUT2D eigenvalue weighted by Crippen LogP contribution is -2.15. The number of rotatable bonds is 7. The molecule has 0 aliphatic carbocycles. The molecule has 7 heteroatoms. The summed E-state index contributed by atoms with van der Waals surface area (Å²) in [5.41, 5.74) is 3.52. The monoisotopic (exact) mass is 407 g/mol. The number of benzene rings is 2. The first-order chi connectivity index (χ1) is 14.2. The second kappa shape index (κ2) is 8.36. The summed E-state index contributed by atoms with van der Waals surface area (Å²) < 4.78 is 12.6. The van der Waals surface area contributed by atoms with Crippen molar-refractivity contribution in [1.82, 2.24) is 9.38 Å². The second-order valence-electron chi connectivity index (χ2n) is 6.42. The lowest BCUT2D eigenvalue weighted by atomic mass is 10.2. The minimum Gasteiger partial charge on any atom is -0.497 e. The summed E-state index contributed by atoms with van der Waals surface area (Å²) in [7, 11) is 1.65. The first-order valence-corrected chi connectivity index (χ1v) is 10.2. The quantitative estimate of drug-likeness (QED) is 0.484. The highest BCUT2D eigenvalue weighted by atomic mass is 32.1. The summed E-state index contributed by atoms with van der Waals surface area (Å²) in [6.45, 7) is 2.55. The zero-order valence-electron chi connectivity index (χ0n) is 16.2. The van der Waals surface area contributed by atoms with E-state index in [9.17, 15) is 4.79 Å². The average molecular weight is 407 g/mol. The smallest absolute Gasteiger partial charge is 0.230 e. The number of carbonyl (C=O) groups is 1. The molecule has 1 amide bonds. The van der Waals surface area contributed by atoms with Gasteiger partial charge in [0.15, 0.2) is 4.96 Å². The molecule has 6 nitrogen and oxygen atoms in total. The zero-order chi connectivity index (χ0) is 20.2. The molecule has 1 N–H and O–H groups in total. The number of thiazole rings is 1. The predicted molar refractivity (Wildman–Crippen MR) is 115 cm³/mol. The molecule has 0 atom stereocenters. The lowest BCUT2D eigenvalue weighted by Gasteiger charge is -2.07. The third-order valence-corrected chi connectivity index (χ3v) is 5.35. The van der Waals surface area contributed by atoms with Gasteiger partial charge in [-0.1, -0.05) is 0 Å². The number of nitrogens with zero attached hydrogens (tertiary/aromatic N) is 2. The van der Waals surface area contributed by atoms with E-state index in [2.05, 4.69) is 10.3 Å². The van der Waals surface area contributed by atoms with E-state index in [0.717, 1.165) is 39.1 Å². The van der Waals surface area contributed by atoms with Gasteiger partial charge < -0.3 is 14.8 Å². The molecule has 0 unspecified atom stereocenters. The van der Waals surface area contributed by atoms with E-state index in [1.807, 2.05) is 71.4 Å². The van der Waals surface area contributed by atoms with Crippen LogP contribution in [-0.4, -0.2) is 29.0 Å². The normalized spacial score (nSPS) is 10.8. The SMILES string of the molecule is CCOc1ccc(NC(=O)Cc2csc3nc(-c4ccc(OC)cc4)cn23)cc1. The maximum absolute atomic E-state index is 12.5. The van der Waals surface area contributed by atoms with E-state index in [4.69, 9.17) is 9.47 Å². The number of ether oxygens (including phenoxy) is 2. The predicted octanol–water partition coefficient (Wildman–Crippen LogP) is 4.65.